The topological polar surface area (TPSA) is 55.1 Å². The van der Waals surface area contributed by atoms with E-state index >= 15 is 0 Å². The first kappa shape index (κ1) is 13.8. The molecule has 3 nitrogen and oxygen atoms in total. The molecule has 0 saturated carbocycles. The highest BCUT2D eigenvalue weighted by molar-refractivity contribution is 6.30. The molecular weight excluding hydrogens is 236 g/mol. The second-order valence-corrected chi connectivity index (χ2v) is 5.36. The van der Waals surface area contributed by atoms with Gasteiger partial charge in [0.2, 0.25) is 5.91 Å². The van der Waals surface area contributed by atoms with Crippen molar-refractivity contribution in [2.75, 3.05) is 5.32 Å². The van der Waals surface area contributed by atoms with Gasteiger partial charge in [0, 0.05) is 10.7 Å². The molecule has 1 unspecified atom stereocenters. The van der Waals surface area contributed by atoms with E-state index in [4.69, 9.17) is 17.3 Å². The Morgan fingerprint density at radius 3 is 2.35 bits per heavy atom. The normalized spacial score (nSPS) is 14.4. The van der Waals surface area contributed by atoms with Gasteiger partial charge in [-0.05, 0) is 43.5 Å². The molecule has 3 N–H and O–H groups in total. The summed E-state index contributed by atoms with van der Waals surface area (Å²) in [6.07, 6.45) is 0.685. The van der Waals surface area contributed by atoms with Crippen LogP contribution >= 0.6 is 11.6 Å². The quantitative estimate of drug-likeness (QED) is 0.849. The highest BCUT2D eigenvalue weighted by Gasteiger charge is 2.31. The molecule has 1 rings (SSSR count). The number of carbonyl (C=O) groups excluding carboxylic acids is 1. The lowest BCUT2D eigenvalue weighted by molar-refractivity contribution is -0.122. The van der Waals surface area contributed by atoms with Crippen molar-refractivity contribution in [3.63, 3.8) is 0 Å². The minimum Gasteiger partial charge on any atom is -0.371 e. The fraction of sp³-hybridized carbons (Fsp3) is 0.462. The van der Waals surface area contributed by atoms with E-state index in [1.54, 1.807) is 12.1 Å². The molecule has 0 aliphatic heterocycles. The predicted molar refractivity (Wildman–Crippen MR) is 72.1 cm³/mol. The molecule has 0 spiro atoms. The number of nitrogens with two attached hydrogens (primary N) is 1. The van der Waals surface area contributed by atoms with Gasteiger partial charge < -0.3 is 11.1 Å². The molecule has 0 bridgehead atoms. The Labute approximate surface area is 107 Å². The zero-order valence-electron chi connectivity index (χ0n) is 10.5. The Hall–Kier alpha value is -1.22. The van der Waals surface area contributed by atoms with Crippen LogP contribution in [0.4, 0.5) is 5.69 Å². The van der Waals surface area contributed by atoms with Gasteiger partial charge in [-0.1, -0.05) is 25.4 Å². The van der Waals surface area contributed by atoms with Crippen LogP contribution in [-0.2, 0) is 4.79 Å². The van der Waals surface area contributed by atoms with E-state index in [0.29, 0.717) is 17.4 Å². The Kier molecular flexibility index (Phi) is 4.40. The van der Waals surface area contributed by atoms with E-state index in [1.807, 2.05) is 19.1 Å². The summed E-state index contributed by atoms with van der Waals surface area (Å²) in [6, 6.07) is 7.23. The Morgan fingerprint density at radius 1 is 1.41 bits per heavy atom. The zero-order chi connectivity index (χ0) is 13.1. The number of anilines is 1. The molecule has 1 aromatic rings. The third-order valence-electron chi connectivity index (χ3n) is 2.62. The molecule has 0 aliphatic rings. The lowest BCUT2D eigenvalue weighted by Crippen LogP contribution is -2.48. The first-order valence-electron chi connectivity index (χ1n) is 5.67. The summed E-state index contributed by atoms with van der Waals surface area (Å²) in [7, 11) is 0. The molecule has 0 aromatic heterocycles. The third-order valence-corrected chi connectivity index (χ3v) is 2.88. The van der Waals surface area contributed by atoms with Crippen LogP contribution in [0.3, 0.4) is 0 Å². The van der Waals surface area contributed by atoms with Gasteiger partial charge >= 0.3 is 0 Å². The average molecular weight is 255 g/mol. The van der Waals surface area contributed by atoms with Crippen molar-refractivity contribution in [3.05, 3.63) is 29.3 Å². The number of halogens is 1. The molecule has 0 heterocycles. The summed E-state index contributed by atoms with van der Waals surface area (Å²) in [4.78, 5) is 11.6. The molecule has 1 aromatic carbocycles. The standard InChI is InChI=1S/C13H19ClN2O/c1-9(2)8-13(3,12(15)17)16-11-6-4-10(14)5-7-11/h4-7,9,16H,8H2,1-3H3,(H2,15,17). The zero-order valence-corrected chi connectivity index (χ0v) is 11.2. The van der Waals surface area contributed by atoms with Crippen LogP contribution in [-0.4, -0.2) is 11.4 Å². The Balaban J connectivity index is 2.86. The van der Waals surface area contributed by atoms with Crippen LogP contribution in [0.2, 0.25) is 5.02 Å². The van der Waals surface area contributed by atoms with Gasteiger partial charge in [0.1, 0.15) is 5.54 Å². The van der Waals surface area contributed by atoms with Crippen LogP contribution in [0, 0.1) is 5.92 Å². The molecule has 4 heteroatoms. The van der Waals surface area contributed by atoms with Crippen LogP contribution in [0.15, 0.2) is 24.3 Å². The number of hydrogen-bond donors (Lipinski definition) is 2. The SMILES string of the molecule is CC(C)CC(C)(Nc1ccc(Cl)cc1)C(N)=O. The molecule has 0 aliphatic carbocycles. The molecule has 0 radical (unpaired) electrons. The van der Waals surface area contributed by atoms with Crippen molar-refractivity contribution < 1.29 is 4.79 Å². The number of hydrogen-bond acceptors (Lipinski definition) is 2. The van der Waals surface area contributed by atoms with E-state index in [-0.39, 0.29) is 5.91 Å². The third kappa shape index (κ3) is 3.93. The van der Waals surface area contributed by atoms with Crippen molar-refractivity contribution in [2.24, 2.45) is 11.7 Å². The Morgan fingerprint density at radius 2 is 1.94 bits per heavy atom. The number of primary amides is 1. The second-order valence-electron chi connectivity index (χ2n) is 4.93. The minimum absolute atomic E-state index is 0.346. The van der Waals surface area contributed by atoms with Gasteiger partial charge in [0.15, 0.2) is 0 Å². The summed E-state index contributed by atoms with van der Waals surface area (Å²) in [5.74, 6) is 0.0356. The molecule has 0 fully saturated rings. The van der Waals surface area contributed by atoms with E-state index < -0.39 is 5.54 Å². The van der Waals surface area contributed by atoms with E-state index in [0.717, 1.165) is 5.69 Å². The van der Waals surface area contributed by atoms with Gasteiger partial charge in [-0.3, -0.25) is 4.79 Å². The van der Waals surface area contributed by atoms with E-state index in [2.05, 4.69) is 19.2 Å². The molecule has 0 saturated heterocycles. The predicted octanol–water partition coefficient (Wildman–Crippen LogP) is 3.04. The number of nitrogens with one attached hydrogen (secondary N) is 1. The van der Waals surface area contributed by atoms with Crippen molar-refractivity contribution in [1.82, 2.24) is 0 Å². The van der Waals surface area contributed by atoms with Gasteiger partial charge in [-0.25, -0.2) is 0 Å². The molecule has 17 heavy (non-hydrogen) atoms. The monoisotopic (exact) mass is 254 g/mol. The first-order valence-corrected chi connectivity index (χ1v) is 6.05. The summed E-state index contributed by atoms with van der Waals surface area (Å²) < 4.78 is 0. The fourth-order valence-electron chi connectivity index (χ4n) is 1.88. The number of rotatable bonds is 5. The van der Waals surface area contributed by atoms with Crippen LogP contribution in [0.1, 0.15) is 27.2 Å². The average Bonchev–Trinajstić information content (AvgIpc) is 2.20. The second kappa shape index (κ2) is 5.41. The smallest absolute Gasteiger partial charge is 0.242 e. The summed E-state index contributed by atoms with van der Waals surface area (Å²) in [6.45, 7) is 5.94. The van der Waals surface area contributed by atoms with Crippen molar-refractivity contribution >= 4 is 23.2 Å². The number of carbonyl (C=O) groups is 1. The largest absolute Gasteiger partial charge is 0.371 e. The summed E-state index contributed by atoms with van der Waals surface area (Å²) in [5.41, 5.74) is 5.58. The maximum Gasteiger partial charge on any atom is 0.242 e. The fourth-order valence-corrected chi connectivity index (χ4v) is 2.01. The van der Waals surface area contributed by atoms with Crippen molar-refractivity contribution in [1.29, 1.82) is 0 Å². The van der Waals surface area contributed by atoms with Crippen molar-refractivity contribution in [2.45, 2.75) is 32.7 Å². The highest BCUT2D eigenvalue weighted by Crippen LogP contribution is 2.23. The van der Waals surface area contributed by atoms with Crippen LogP contribution < -0.4 is 11.1 Å². The summed E-state index contributed by atoms with van der Waals surface area (Å²) >= 11 is 5.81. The molecule has 1 amide bonds. The van der Waals surface area contributed by atoms with Gasteiger partial charge in [-0.2, -0.15) is 0 Å². The Bertz CT molecular complexity index is 389. The van der Waals surface area contributed by atoms with Crippen molar-refractivity contribution in [3.8, 4) is 0 Å². The van der Waals surface area contributed by atoms with Crippen LogP contribution in [0.25, 0.3) is 0 Å². The van der Waals surface area contributed by atoms with Gasteiger partial charge in [0.25, 0.3) is 0 Å². The maximum atomic E-state index is 11.6. The van der Waals surface area contributed by atoms with Gasteiger partial charge in [0.05, 0.1) is 0 Å². The lowest BCUT2D eigenvalue weighted by atomic mass is 9.89. The van der Waals surface area contributed by atoms with E-state index in [9.17, 15) is 4.79 Å². The lowest BCUT2D eigenvalue weighted by Gasteiger charge is -2.30. The minimum atomic E-state index is -0.734. The molecule has 1 atom stereocenters. The first-order chi connectivity index (χ1) is 7.83. The summed E-state index contributed by atoms with van der Waals surface area (Å²) in [5, 5.41) is 3.85. The number of benzene rings is 1. The maximum absolute atomic E-state index is 11.6. The highest BCUT2D eigenvalue weighted by atomic mass is 35.5. The van der Waals surface area contributed by atoms with Crippen LogP contribution in [0.5, 0.6) is 0 Å². The van der Waals surface area contributed by atoms with E-state index in [1.165, 1.54) is 0 Å². The molecule has 94 valence electrons. The molecular formula is C13H19ClN2O. The number of amides is 1. The van der Waals surface area contributed by atoms with Gasteiger partial charge in [-0.15, -0.1) is 0 Å².